The van der Waals surface area contributed by atoms with Crippen molar-refractivity contribution in [2.24, 2.45) is 0 Å². The average Bonchev–Trinajstić information content (AvgIpc) is 1.94. The quantitative estimate of drug-likeness (QED) is 0.686. The van der Waals surface area contributed by atoms with Gasteiger partial charge in [0.15, 0.2) is 0 Å². The molecule has 0 fully saturated rings. The van der Waals surface area contributed by atoms with Crippen molar-refractivity contribution in [3.05, 3.63) is 0 Å². The van der Waals surface area contributed by atoms with Gasteiger partial charge in [0.2, 0.25) is 0 Å². The molecule has 0 spiro atoms. The predicted molar refractivity (Wildman–Crippen MR) is 33.7 cm³/mol. The smallest absolute Gasteiger partial charge is 0.381 e. The lowest BCUT2D eigenvalue weighted by atomic mass is 10.0. The summed E-state index contributed by atoms with van der Waals surface area (Å²) in [6, 6.07) is 0. The Morgan fingerprint density at radius 1 is 0.857 bits per heavy atom. The van der Waals surface area contributed by atoms with Gasteiger partial charge in [0.25, 0.3) is 5.60 Å². The Morgan fingerprint density at radius 2 is 1.21 bits per heavy atom. The highest BCUT2D eigenvalue weighted by Crippen LogP contribution is 2.45. The van der Waals surface area contributed by atoms with E-state index in [0.717, 1.165) is 7.11 Å². The summed E-state index contributed by atoms with van der Waals surface area (Å²) in [4.78, 5) is 0. The number of rotatable bonds is 3. The van der Waals surface area contributed by atoms with Crippen LogP contribution in [0.25, 0.3) is 0 Å². The third-order valence-electron chi connectivity index (χ3n) is 1.61. The van der Waals surface area contributed by atoms with Crippen molar-refractivity contribution in [1.29, 1.82) is 0 Å². The van der Waals surface area contributed by atoms with Crippen molar-refractivity contribution in [3.8, 4) is 0 Å². The van der Waals surface area contributed by atoms with Gasteiger partial charge in [-0.05, 0) is 0 Å². The average molecular weight is 226 g/mol. The molecular formula is C6H8F6O2. The Balaban J connectivity index is 5.21. The van der Waals surface area contributed by atoms with Crippen LogP contribution in [0.1, 0.15) is 0 Å². The van der Waals surface area contributed by atoms with Gasteiger partial charge in [-0.2, -0.15) is 26.3 Å². The maximum atomic E-state index is 12.1. The van der Waals surface area contributed by atoms with Gasteiger partial charge >= 0.3 is 12.4 Å². The molecular weight excluding hydrogens is 218 g/mol. The molecule has 14 heavy (non-hydrogen) atoms. The van der Waals surface area contributed by atoms with Gasteiger partial charge in [-0.25, -0.2) is 0 Å². The summed E-state index contributed by atoms with van der Waals surface area (Å²) in [5, 5.41) is 0. The van der Waals surface area contributed by atoms with Crippen molar-refractivity contribution in [2.45, 2.75) is 18.0 Å². The van der Waals surface area contributed by atoms with E-state index in [0.29, 0.717) is 7.11 Å². The Labute approximate surface area is 75.8 Å². The molecule has 0 amide bonds. The second kappa shape index (κ2) is 3.93. The van der Waals surface area contributed by atoms with E-state index in [1.54, 1.807) is 0 Å². The summed E-state index contributed by atoms with van der Waals surface area (Å²) >= 11 is 0. The number of halogens is 6. The molecule has 0 aliphatic heterocycles. The third-order valence-corrected chi connectivity index (χ3v) is 1.61. The number of hydrogen-bond donors (Lipinski definition) is 0. The van der Waals surface area contributed by atoms with Gasteiger partial charge in [0, 0.05) is 14.2 Å². The van der Waals surface area contributed by atoms with Gasteiger partial charge in [0.1, 0.15) is 0 Å². The van der Waals surface area contributed by atoms with E-state index in [1.165, 1.54) is 0 Å². The van der Waals surface area contributed by atoms with E-state index in [-0.39, 0.29) is 0 Å². The van der Waals surface area contributed by atoms with E-state index in [9.17, 15) is 26.3 Å². The van der Waals surface area contributed by atoms with Crippen LogP contribution in [-0.4, -0.2) is 38.8 Å². The predicted octanol–water partition coefficient (Wildman–Crippen LogP) is 2.14. The Kier molecular flexibility index (Phi) is 3.79. The molecule has 0 N–H and O–H groups in total. The lowest BCUT2D eigenvalue weighted by Gasteiger charge is -2.34. The normalized spacial score (nSPS) is 14.6. The second-order valence-corrected chi connectivity index (χ2v) is 2.46. The molecule has 0 saturated heterocycles. The molecule has 0 bridgehead atoms. The van der Waals surface area contributed by atoms with Gasteiger partial charge in [-0.1, -0.05) is 0 Å². The summed E-state index contributed by atoms with van der Waals surface area (Å²) in [5.74, 6) is 0. The molecule has 0 aliphatic rings. The summed E-state index contributed by atoms with van der Waals surface area (Å²) in [5.41, 5.74) is -4.26. The first-order chi connectivity index (χ1) is 6.12. The Bertz CT molecular complexity index is 170. The van der Waals surface area contributed by atoms with Crippen LogP contribution in [0, 0.1) is 0 Å². The van der Waals surface area contributed by atoms with E-state index >= 15 is 0 Å². The Morgan fingerprint density at radius 3 is 1.29 bits per heavy atom. The van der Waals surface area contributed by atoms with Crippen LogP contribution in [-0.2, 0) is 9.47 Å². The van der Waals surface area contributed by atoms with Crippen molar-refractivity contribution in [2.75, 3.05) is 20.8 Å². The minimum absolute atomic E-state index is 0.333. The zero-order valence-corrected chi connectivity index (χ0v) is 7.29. The fourth-order valence-electron chi connectivity index (χ4n) is 0.818. The molecule has 0 rings (SSSR count). The minimum atomic E-state index is -5.57. The van der Waals surface area contributed by atoms with Crippen LogP contribution in [0.15, 0.2) is 0 Å². The van der Waals surface area contributed by atoms with E-state index in [1.807, 2.05) is 0 Å². The molecule has 86 valence electrons. The summed E-state index contributed by atoms with van der Waals surface area (Å²) in [6.07, 6.45) is -11.1. The zero-order chi connectivity index (χ0) is 11.6. The number of methoxy groups -OCH3 is 2. The SMILES string of the molecule is COCC(OC)(C(F)(F)F)C(F)(F)F. The molecule has 2 nitrogen and oxygen atoms in total. The maximum absolute atomic E-state index is 12.1. The zero-order valence-electron chi connectivity index (χ0n) is 7.29. The monoisotopic (exact) mass is 226 g/mol. The first-order valence-corrected chi connectivity index (χ1v) is 3.30. The van der Waals surface area contributed by atoms with Crippen LogP contribution in [0.4, 0.5) is 26.3 Å². The van der Waals surface area contributed by atoms with E-state index < -0.39 is 24.6 Å². The second-order valence-electron chi connectivity index (χ2n) is 2.46. The molecule has 0 saturated carbocycles. The van der Waals surface area contributed by atoms with E-state index in [2.05, 4.69) is 9.47 Å². The van der Waals surface area contributed by atoms with Crippen molar-refractivity contribution in [3.63, 3.8) is 0 Å². The van der Waals surface area contributed by atoms with Crippen molar-refractivity contribution >= 4 is 0 Å². The standard InChI is InChI=1S/C6H8F6O2/c1-13-3-4(14-2,5(7,8)9)6(10,11)12/h3H2,1-2H3. The first kappa shape index (κ1) is 13.5. The third kappa shape index (κ3) is 2.11. The molecule has 8 heteroatoms. The molecule has 0 aromatic carbocycles. The van der Waals surface area contributed by atoms with Gasteiger partial charge in [-0.3, -0.25) is 0 Å². The lowest BCUT2D eigenvalue weighted by Crippen LogP contribution is -2.61. The van der Waals surface area contributed by atoms with E-state index in [4.69, 9.17) is 0 Å². The van der Waals surface area contributed by atoms with Gasteiger partial charge < -0.3 is 9.47 Å². The summed E-state index contributed by atoms with van der Waals surface area (Å²) < 4.78 is 80.2. The van der Waals surface area contributed by atoms with Crippen LogP contribution >= 0.6 is 0 Å². The molecule has 0 heterocycles. The molecule has 0 aromatic rings. The van der Waals surface area contributed by atoms with Crippen molar-refractivity contribution in [1.82, 2.24) is 0 Å². The largest absolute Gasteiger partial charge is 0.428 e. The Hall–Kier alpha value is -0.500. The fraction of sp³-hybridized carbons (Fsp3) is 1.00. The first-order valence-electron chi connectivity index (χ1n) is 3.30. The van der Waals surface area contributed by atoms with Crippen LogP contribution < -0.4 is 0 Å². The highest BCUT2D eigenvalue weighted by atomic mass is 19.4. The summed E-state index contributed by atoms with van der Waals surface area (Å²) in [6.45, 7) is -1.63. The highest BCUT2D eigenvalue weighted by molar-refractivity contribution is 4.95. The molecule has 0 radical (unpaired) electrons. The topological polar surface area (TPSA) is 18.5 Å². The number of alkyl halides is 6. The lowest BCUT2D eigenvalue weighted by molar-refractivity contribution is -0.383. The van der Waals surface area contributed by atoms with Crippen LogP contribution in [0.5, 0.6) is 0 Å². The van der Waals surface area contributed by atoms with Gasteiger partial charge in [0.05, 0.1) is 6.61 Å². The number of ether oxygens (including phenoxy) is 2. The fourth-order valence-corrected chi connectivity index (χ4v) is 0.818. The van der Waals surface area contributed by atoms with Gasteiger partial charge in [-0.15, -0.1) is 0 Å². The molecule has 0 atom stereocenters. The molecule has 0 unspecified atom stereocenters. The van der Waals surface area contributed by atoms with Crippen LogP contribution in [0.2, 0.25) is 0 Å². The summed E-state index contributed by atoms with van der Waals surface area (Å²) in [7, 11) is 1.06. The maximum Gasteiger partial charge on any atom is 0.428 e. The minimum Gasteiger partial charge on any atom is -0.381 e. The number of hydrogen-bond acceptors (Lipinski definition) is 2. The van der Waals surface area contributed by atoms with Crippen molar-refractivity contribution < 1.29 is 35.8 Å². The highest BCUT2D eigenvalue weighted by Gasteiger charge is 2.72. The van der Waals surface area contributed by atoms with Crippen LogP contribution in [0.3, 0.4) is 0 Å². The molecule has 0 aliphatic carbocycles. The molecule has 0 aromatic heterocycles.